The second kappa shape index (κ2) is 10.00. The molecule has 1 amide bonds. The summed E-state index contributed by atoms with van der Waals surface area (Å²) in [5.74, 6) is -3.59. The lowest BCUT2D eigenvalue weighted by Crippen LogP contribution is -2.51. The van der Waals surface area contributed by atoms with E-state index in [1.165, 1.54) is 16.8 Å². The van der Waals surface area contributed by atoms with Gasteiger partial charge in [0.15, 0.2) is 17.3 Å². The Morgan fingerprint density at radius 1 is 1.14 bits per heavy atom. The van der Waals surface area contributed by atoms with E-state index in [2.05, 4.69) is 9.84 Å². The van der Waals surface area contributed by atoms with Crippen LogP contribution in [0.25, 0.3) is 0 Å². The minimum absolute atomic E-state index is 0.0975. The van der Waals surface area contributed by atoms with Gasteiger partial charge in [-0.25, -0.2) is 13.6 Å². The highest BCUT2D eigenvalue weighted by atomic mass is 19.2. The Kier molecular flexibility index (Phi) is 6.60. The molecule has 0 spiro atoms. The van der Waals surface area contributed by atoms with E-state index in [4.69, 9.17) is 9.47 Å². The van der Waals surface area contributed by atoms with Crippen molar-refractivity contribution < 1.29 is 32.6 Å². The molecular formula is C26H23F2N3O6. The van der Waals surface area contributed by atoms with Crippen LogP contribution in [0, 0.1) is 11.6 Å². The van der Waals surface area contributed by atoms with Gasteiger partial charge in [-0.1, -0.05) is 42.5 Å². The number of benzene rings is 2. The molecule has 2 aliphatic rings. The Labute approximate surface area is 210 Å². The van der Waals surface area contributed by atoms with E-state index >= 15 is 4.39 Å². The quantitative estimate of drug-likeness (QED) is 0.368. The van der Waals surface area contributed by atoms with E-state index in [1.807, 2.05) is 6.07 Å². The summed E-state index contributed by atoms with van der Waals surface area (Å²) in [7, 11) is 1.11. The molecule has 3 aromatic rings. The molecule has 3 atom stereocenters. The maximum atomic E-state index is 15.3. The SMILES string of the molecule is COC(=O)OCOc1c2n(ncc1=O)[C@@H](C(c1ccccc1)c1cccc(F)c1F)[C@H]1CCCN1C2=O. The van der Waals surface area contributed by atoms with Crippen LogP contribution in [0.15, 0.2) is 59.5 Å². The number of carbonyl (C=O) groups excluding carboxylic acids is 2. The van der Waals surface area contributed by atoms with Crippen molar-refractivity contribution in [2.75, 3.05) is 20.4 Å². The van der Waals surface area contributed by atoms with Crippen molar-refractivity contribution in [1.82, 2.24) is 14.7 Å². The molecule has 192 valence electrons. The molecule has 1 fully saturated rings. The van der Waals surface area contributed by atoms with E-state index in [9.17, 15) is 18.8 Å². The maximum absolute atomic E-state index is 15.3. The number of amides is 1. The average Bonchev–Trinajstić information content (AvgIpc) is 3.40. The maximum Gasteiger partial charge on any atom is 0.510 e. The molecule has 0 aliphatic carbocycles. The van der Waals surface area contributed by atoms with Crippen molar-refractivity contribution in [3.05, 3.63) is 93.4 Å². The third-order valence-corrected chi connectivity index (χ3v) is 6.77. The number of nitrogens with zero attached hydrogens (tertiary/aromatic N) is 3. The molecule has 5 rings (SSSR count). The lowest BCUT2D eigenvalue weighted by atomic mass is 9.79. The van der Waals surface area contributed by atoms with Crippen molar-refractivity contribution in [3.63, 3.8) is 0 Å². The van der Waals surface area contributed by atoms with Crippen LogP contribution in [-0.4, -0.2) is 53.2 Å². The van der Waals surface area contributed by atoms with Crippen molar-refractivity contribution in [2.24, 2.45) is 0 Å². The highest BCUT2D eigenvalue weighted by Crippen LogP contribution is 2.46. The van der Waals surface area contributed by atoms with Crippen molar-refractivity contribution in [3.8, 4) is 5.75 Å². The second-order valence-electron chi connectivity index (χ2n) is 8.72. The molecule has 0 saturated carbocycles. The Morgan fingerprint density at radius 2 is 1.92 bits per heavy atom. The molecule has 1 aromatic heterocycles. The Balaban J connectivity index is 1.70. The number of rotatable bonds is 6. The summed E-state index contributed by atoms with van der Waals surface area (Å²) in [5, 5.41) is 4.28. The van der Waals surface area contributed by atoms with E-state index in [1.54, 1.807) is 29.2 Å². The van der Waals surface area contributed by atoms with Gasteiger partial charge in [0.1, 0.15) is 0 Å². The fourth-order valence-electron chi connectivity index (χ4n) is 5.25. The average molecular weight is 511 g/mol. The summed E-state index contributed by atoms with van der Waals surface area (Å²) in [5.41, 5.74) is -0.0685. The van der Waals surface area contributed by atoms with Gasteiger partial charge in [-0.2, -0.15) is 5.10 Å². The number of carbonyl (C=O) groups is 2. The van der Waals surface area contributed by atoms with Crippen molar-refractivity contribution in [1.29, 1.82) is 0 Å². The molecule has 1 unspecified atom stereocenters. The van der Waals surface area contributed by atoms with Crippen LogP contribution in [0.5, 0.6) is 5.75 Å². The van der Waals surface area contributed by atoms with Crippen molar-refractivity contribution >= 4 is 12.1 Å². The summed E-state index contributed by atoms with van der Waals surface area (Å²) in [6, 6.07) is 11.9. The first kappa shape index (κ1) is 24.4. The molecule has 3 heterocycles. The normalized spacial score (nSPS) is 19.1. The van der Waals surface area contributed by atoms with Crippen LogP contribution in [0.4, 0.5) is 13.6 Å². The molecular weight excluding hydrogens is 488 g/mol. The van der Waals surface area contributed by atoms with E-state index in [0.717, 1.165) is 19.4 Å². The van der Waals surface area contributed by atoms with Crippen LogP contribution in [0.3, 0.4) is 0 Å². The largest absolute Gasteiger partial charge is 0.510 e. The minimum atomic E-state index is -1.03. The summed E-state index contributed by atoms with van der Waals surface area (Å²) < 4.78 is 45.6. The molecule has 2 aromatic carbocycles. The fourth-order valence-corrected chi connectivity index (χ4v) is 5.25. The first-order valence-corrected chi connectivity index (χ1v) is 11.7. The highest BCUT2D eigenvalue weighted by molar-refractivity contribution is 5.96. The van der Waals surface area contributed by atoms with E-state index in [-0.39, 0.29) is 17.0 Å². The summed E-state index contributed by atoms with van der Waals surface area (Å²) >= 11 is 0. The van der Waals surface area contributed by atoms with Gasteiger partial charge < -0.3 is 19.1 Å². The van der Waals surface area contributed by atoms with E-state index in [0.29, 0.717) is 24.9 Å². The van der Waals surface area contributed by atoms with Crippen LogP contribution in [0.2, 0.25) is 0 Å². The van der Waals surface area contributed by atoms with Crippen LogP contribution >= 0.6 is 0 Å². The summed E-state index contributed by atoms with van der Waals surface area (Å²) in [6.07, 6.45) is 1.25. The Bertz CT molecular complexity index is 1400. The molecule has 0 radical (unpaired) electrons. The van der Waals surface area contributed by atoms with Gasteiger partial charge in [-0.15, -0.1) is 0 Å². The first-order valence-electron chi connectivity index (χ1n) is 11.7. The van der Waals surface area contributed by atoms with Gasteiger partial charge >= 0.3 is 6.16 Å². The Hall–Kier alpha value is -4.28. The number of fused-ring (bicyclic) bond motifs is 2. The smallest absolute Gasteiger partial charge is 0.451 e. The standard InChI is InChI=1S/C26H23F2N3O6/c1-35-26(34)37-14-36-24-19(32)13-29-31-22(18-11-6-12-30(18)25(33)23(24)31)20(15-7-3-2-4-8-15)16-9-5-10-17(27)21(16)28/h2-5,7-10,13,18,20,22H,6,11-12,14H2,1H3/t18-,20?,22-/m1/s1. The lowest BCUT2D eigenvalue weighted by Gasteiger charge is -2.42. The number of aromatic nitrogens is 2. The second-order valence-corrected chi connectivity index (χ2v) is 8.72. The van der Waals surface area contributed by atoms with Gasteiger partial charge in [-0.3, -0.25) is 14.3 Å². The zero-order chi connectivity index (χ0) is 26.1. The monoisotopic (exact) mass is 511 g/mol. The van der Waals surface area contributed by atoms with E-state index < -0.39 is 53.9 Å². The molecule has 9 nitrogen and oxygen atoms in total. The van der Waals surface area contributed by atoms with Crippen molar-refractivity contribution in [2.45, 2.75) is 30.8 Å². The molecule has 0 N–H and O–H groups in total. The predicted octanol–water partition coefficient (Wildman–Crippen LogP) is 3.63. The number of hydrogen-bond donors (Lipinski definition) is 0. The highest BCUT2D eigenvalue weighted by Gasteiger charge is 2.48. The molecule has 0 bridgehead atoms. The van der Waals surface area contributed by atoms with Gasteiger partial charge in [0.25, 0.3) is 5.91 Å². The number of halogens is 2. The third kappa shape index (κ3) is 4.30. The van der Waals surface area contributed by atoms with Crippen LogP contribution < -0.4 is 10.2 Å². The van der Waals surface area contributed by atoms with Gasteiger partial charge in [0, 0.05) is 18.0 Å². The fraction of sp³-hybridized carbons (Fsp3) is 0.308. The number of methoxy groups -OCH3 is 1. The summed E-state index contributed by atoms with van der Waals surface area (Å²) in [6.45, 7) is -0.269. The predicted molar refractivity (Wildman–Crippen MR) is 125 cm³/mol. The Morgan fingerprint density at radius 3 is 2.68 bits per heavy atom. The van der Waals surface area contributed by atoms with Gasteiger partial charge in [0.2, 0.25) is 18.0 Å². The molecule has 1 saturated heterocycles. The summed E-state index contributed by atoms with van der Waals surface area (Å²) in [4.78, 5) is 39.3. The first-order chi connectivity index (χ1) is 17.9. The molecule has 2 aliphatic heterocycles. The zero-order valence-corrected chi connectivity index (χ0v) is 19.8. The van der Waals surface area contributed by atoms with Crippen LogP contribution in [-0.2, 0) is 9.47 Å². The van der Waals surface area contributed by atoms with Gasteiger partial charge in [0.05, 0.1) is 25.4 Å². The van der Waals surface area contributed by atoms with Gasteiger partial charge in [-0.05, 0) is 24.5 Å². The van der Waals surface area contributed by atoms with Crippen LogP contribution in [0.1, 0.15) is 46.4 Å². The molecule has 11 heteroatoms. The number of hydrogen-bond acceptors (Lipinski definition) is 7. The lowest BCUT2D eigenvalue weighted by molar-refractivity contribution is 0.0126. The molecule has 37 heavy (non-hydrogen) atoms. The third-order valence-electron chi connectivity index (χ3n) is 6.77. The number of ether oxygens (including phenoxy) is 3. The minimum Gasteiger partial charge on any atom is -0.451 e. The zero-order valence-electron chi connectivity index (χ0n) is 19.8. The topological polar surface area (TPSA) is 100.0 Å².